The standard InChI is InChI=1S/C13H11N3O3/c1-8-14-15-13(19-8)10-6-16(7-12(17)18)11-5-3-2-4-9(10)11/h2-6H,7H2,1H3,(H,17,18). The van der Waals surface area contributed by atoms with Crippen LogP contribution in [0.4, 0.5) is 0 Å². The maximum Gasteiger partial charge on any atom is 0.323 e. The summed E-state index contributed by atoms with van der Waals surface area (Å²) < 4.78 is 7.07. The van der Waals surface area contributed by atoms with Crippen molar-refractivity contribution in [3.63, 3.8) is 0 Å². The SMILES string of the molecule is Cc1nnc(-c2cn(CC(=O)O)c3ccccc23)o1. The first kappa shape index (κ1) is 11.5. The van der Waals surface area contributed by atoms with E-state index in [1.165, 1.54) is 0 Å². The Morgan fingerprint density at radius 3 is 2.84 bits per heavy atom. The normalized spacial score (nSPS) is 11.0. The highest BCUT2D eigenvalue weighted by atomic mass is 16.4. The Kier molecular flexibility index (Phi) is 2.56. The number of hydrogen-bond donors (Lipinski definition) is 1. The molecule has 0 radical (unpaired) electrons. The van der Waals surface area contributed by atoms with E-state index in [0.29, 0.717) is 11.8 Å². The molecule has 1 N–H and O–H groups in total. The highest BCUT2D eigenvalue weighted by Gasteiger charge is 2.15. The van der Waals surface area contributed by atoms with Crippen molar-refractivity contribution < 1.29 is 14.3 Å². The van der Waals surface area contributed by atoms with Crippen molar-refractivity contribution in [2.45, 2.75) is 13.5 Å². The van der Waals surface area contributed by atoms with E-state index < -0.39 is 5.97 Å². The van der Waals surface area contributed by atoms with Crippen molar-refractivity contribution in [2.24, 2.45) is 0 Å². The van der Waals surface area contributed by atoms with Crippen LogP contribution in [0.25, 0.3) is 22.4 Å². The van der Waals surface area contributed by atoms with Crippen LogP contribution in [0.15, 0.2) is 34.9 Å². The molecule has 19 heavy (non-hydrogen) atoms. The highest BCUT2D eigenvalue weighted by Crippen LogP contribution is 2.29. The van der Waals surface area contributed by atoms with E-state index in [1.807, 2.05) is 24.3 Å². The molecule has 6 nitrogen and oxygen atoms in total. The number of carboxylic acids is 1. The topological polar surface area (TPSA) is 81.2 Å². The molecule has 6 heteroatoms. The number of para-hydroxylation sites is 1. The Bertz CT molecular complexity index is 757. The Morgan fingerprint density at radius 1 is 1.37 bits per heavy atom. The van der Waals surface area contributed by atoms with Gasteiger partial charge in [-0.15, -0.1) is 10.2 Å². The van der Waals surface area contributed by atoms with Gasteiger partial charge in [0.25, 0.3) is 0 Å². The number of aliphatic carboxylic acids is 1. The zero-order chi connectivity index (χ0) is 13.4. The second kappa shape index (κ2) is 4.24. The van der Waals surface area contributed by atoms with Crippen molar-refractivity contribution in [3.05, 3.63) is 36.4 Å². The molecule has 0 spiro atoms. The molecule has 96 valence electrons. The van der Waals surface area contributed by atoms with Crippen LogP contribution < -0.4 is 0 Å². The Morgan fingerprint density at radius 2 is 2.16 bits per heavy atom. The molecule has 2 heterocycles. The van der Waals surface area contributed by atoms with Gasteiger partial charge in [0.15, 0.2) is 0 Å². The second-order valence-electron chi connectivity index (χ2n) is 4.21. The molecule has 0 bridgehead atoms. The maximum absolute atomic E-state index is 10.9. The van der Waals surface area contributed by atoms with Gasteiger partial charge in [-0.05, 0) is 6.07 Å². The van der Waals surface area contributed by atoms with Gasteiger partial charge in [0.1, 0.15) is 6.54 Å². The fourth-order valence-corrected chi connectivity index (χ4v) is 2.10. The number of fused-ring (bicyclic) bond motifs is 1. The van der Waals surface area contributed by atoms with E-state index in [1.54, 1.807) is 17.7 Å². The number of carbonyl (C=O) groups is 1. The van der Waals surface area contributed by atoms with E-state index in [2.05, 4.69) is 10.2 Å². The van der Waals surface area contributed by atoms with Gasteiger partial charge in [-0.3, -0.25) is 4.79 Å². The number of nitrogens with zero attached hydrogens (tertiary/aromatic N) is 3. The Hall–Kier alpha value is -2.63. The van der Waals surface area contributed by atoms with E-state index >= 15 is 0 Å². The predicted molar refractivity (Wildman–Crippen MR) is 67.6 cm³/mol. The summed E-state index contributed by atoms with van der Waals surface area (Å²) in [7, 11) is 0. The molecule has 0 unspecified atom stereocenters. The zero-order valence-electron chi connectivity index (χ0n) is 10.2. The molecule has 0 fully saturated rings. The summed E-state index contributed by atoms with van der Waals surface area (Å²) in [4.78, 5) is 10.9. The van der Waals surface area contributed by atoms with Crippen molar-refractivity contribution >= 4 is 16.9 Å². The smallest absolute Gasteiger partial charge is 0.323 e. The van der Waals surface area contributed by atoms with E-state index in [-0.39, 0.29) is 6.54 Å². The summed E-state index contributed by atoms with van der Waals surface area (Å²) in [6.07, 6.45) is 1.73. The average Bonchev–Trinajstić information content (AvgIpc) is 2.94. The number of benzene rings is 1. The molecule has 3 aromatic rings. The van der Waals surface area contributed by atoms with Crippen LogP contribution >= 0.6 is 0 Å². The molecule has 2 aromatic heterocycles. The quantitative estimate of drug-likeness (QED) is 0.776. The van der Waals surface area contributed by atoms with Crippen LogP contribution in [-0.4, -0.2) is 25.8 Å². The molecule has 0 amide bonds. The van der Waals surface area contributed by atoms with Crippen LogP contribution in [-0.2, 0) is 11.3 Å². The van der Waals surface area contributed by atoms with Crippen LogP contribution in [0.2, 0.25) is 0 Å². The Balaban J connectivity index is 2.22. The molecule has 0 aliphatic rings. The van der Waals surface area contributed by atoms with Gasteiger partial charge in [-0.2, -0.15) is 0 Å². The first-order chi connectivity index (χ1) is 9.15. The first-order valence-electron chi connectivity index (χ1n) is 5.75. The largest absolute Gasteiger partial charge is 0.480 e. The maximum atomic E-state index is 10.9. The molecule has 0 aliphatic carbocycles. The molecule has 0 saturated carbocycles. The predicted octanol–water partition coefficient (Wildman–Crippen LogP) is 2.08. The lowest BCUT2D eigenvalue weighted by atomic mass is 10.2. The third kappa shape index (κ3) is 1.97. The van der Waals surface area contributed by atoms with Crippen LogP contribution in [0.1, 0.15) is 5.89 Å². The Labute approximate surface area is 108 Å². The third-order valence-corrected chi connectivity index (χ3v) is 2.85. The minimum atomic E-state index is -0.894. The summed E-state index contributed by atoms with van der Waals surface area (Å²) >= 11 is 0. The van der Waals surface area contributed by atoms with Gasteiger partial charge in [-0.1, -0.05) is 18.2 Å². The van der Waals surface area contributed by atoms with Crippen LogP contribution in [0.3, 0.4) is 0 Å². The molecule has 0 aliphatic heterocycles. The third-order valence-electron chi connectivity index (χ3n) is 2.85. The van der Waals surface area contributed by atoms with Crippen LogP contribution in [0.5, 0.6) is 0 Å². The molecule has 3 rings (SSSR count). The lowest BCUT2D eigenvalue weighted by molar-refractivity contribution is -0.137. The minimum absolute atomic E-state index is 0.104. The summed E-state index contributed by atoms with van der Waals surface area (Å²) in [5.41, 5.74) is 1.58. The number of hydrogen-bond acceptors (Lipinski definition) is 4. The van der Waals surface area contributed by atoms with E-state index in [4.69, 9.17) is 9.52 Å². The van der Waals surface area contributed by atoms with Crippen molar-refractivity contribution in [1.82, 2.24) is 14.8 Å². The van der Waals surface area contributed by atoms with E-state index in [9.17, 15) is 4.79 Å². The van der Waals surface area contributed by atoms with E-state index in [0.717, 1.165) is 16.5 Å². The van der Waals surface area contributed by atoms with Gasteiger partial charge in [0.2, 0.25) is 11.8 Å². The lowest BCUT2D eigenvalue weighted by Gasteiger charge is -1.99. The molecule has 1 aromatic carbocycles. The van der Waals surface area contributed by atoms with Gasteiger partial charge >= 0.3 is 5.97 Å². The highest BCUT2D eigenvalue weighted by molar-refractivity contribution is 5.94. The molecular weight excluding hydrogens is 246 g/mol. The first-order valence-corrected chi connectivity index (χ1v) is 5.75. The number of aromatic nitrogens is 3. The number of carboxylic acid groups (broad SMARTS) is 1. The van der Waals surface area contributed by atoms with Gasteiger partial charge in [0, 0.05) is 24.0 Å². The zero-order valence-corrected chi connectivity index (χ0v) is 10.2. The van der Waals surface area contributed by atoms with Gasteiger partial charge in [-0.25, -0.2) is 0 Å². The molecule has 0 atom stereocenters. The summed E-state index contributed by atoms with van der Waals surface area (Å²) in [6.45, 7) is 1.61. The summed E-state index contributed by atoms with van der Waals surface area (Å²) in [5.74, 6) is -0.0167. The fourth-order valence-electron chi connectivity index (χ4n) is 2.10. The van der Waals surface area contributed by atoms with Gasteiger partial charge < -0.3 is 14.1 Å². The van der Waals surface area contributed by atoms with Crippen molar-refractivity contribution in [1.29, 1.82) is 0 Å². The molecular formula is C13H11N3O3. The molecule has 0 saturated heterocycles. The van der Waals surface area contributed by atoms with Gasteiger partial charge in [0.05, 0.1) is 5.56 Å². The second-order valence-corrected chi connectivity index (χ2v) is 4.21. The number of rotatable bonds is 3. The average molecular weight is 257 g/mol. The summed E-state index contributed by atoms with van der Waals surface area (Å²) in [5, 5.41) is 17.6. The number of aryl methyl sites for hydroxylation is 1. The minimum Gasteiger partial charge on any atom is -0.480 e. The lowest BCUT2D eigenvalue weighted by Crippen LogP contribution is -2.07. The fraction of sp³-hybridized carbons (Fsp3) is 0.154. The summed E-state index contributed by atoms with van der Waals surface area (Å²) in [6, 6.07) is 7.53. The van der Waals surface area contributed by atoms with Crippen molar-refractivity contribution in [3.8, 4) is 11.5 Å². The van der Waals surface area contributed by atoms with Crippen LogP contribution in [0, 0.1) is 6.92 Å². The monoisotopic (exact) mass is 257 g/mol. The van der Waals surface area contributed by atoms with Crippen molar-refractivity contribution in [2.75, 3.05) is 0 Å².